The third kappa shape index (κ3) is 4.57. The summed E-state index contributed by atoms with van der Waals surface area (Å²) in [5, 5.41) is 11.1. The number of hydrogen-bond acceptors (Lipinski definition) is 6. The molecular weight excluding hydrogens is 290 g/mol. The molecule has 2 N–H and O–H groups in total. The first-order chi connectivity index (χ1) is 8.88. The first kappa shape index (κ1) is 16.1. The Bertz CT molecular complexity index is 495. The Kier molecular flexibility index (Phi) is 5.92. The van der Waals surface area contributed by atoms with Crippen LogP contribution in [0, 0.1) is 0 Å². The van der Waals surface area contributed by atoms with E-state index in [4.69, 9.17) is 4.74 Å². The predicted molar refractivity (Wildman–Crippen MR) is 71.4 cm³/mol. The van der Waals surface area contributed by atoms with E-state index in [2.05, 4.69) is 4.72 Å². The molecule has 1 heterocycles. The number of nitrogens with one attached hydrogen (secondary N) is 1. The van der Waals surface area contributed by atoms with Crippen LogP contribution in [0.5, 0.6) is 0 Å². The minimum absolute atomic E-state index is 0.0847. The zero-order chi connectivity index (χ0) is 14.5. The molecule has 0 spiro atoms. The first-order valence-corrected chi connectivity index (χ1v) is 8.15. The van der Waals surface area contributed by atoms with Crippen molar-refractivity contribution in [3.8, 4) is 0 Å². The summed E-state index contributed by atoms with van der Waals surface area (Å²) in [6, 6.07) is 1.70. The van der Waals surface area contributed by atoms with Gasteiger partial charge < -0.3 is 9.84 Å². The monoisotopic (exact) mass is 307 g/mol. The molecule has 1 rings (SSSR count). The van der Waals surface area contributed by atoms with Gasteiger partial charge in [0.2, 0.25) is 0 Å². The quantitative estimate of drug-likeness (QED) is 0.724. The molecule has 0 saturated carbocycles. The summed E-state index contributed by atoms with van der Waals surface area (Å²) in [5.74, 6) is -0.781. The van der Waals surface area contributed by atoms with Crippen molar-refractivity contribution in [2.45, 2.75) is 36.6 Å². The van der Waals surface area contributed by atoms with Gasteiger partial charge in [-0.05, 0) is 24.8 Å². The number of carbonyl (C=O) groups is 1. The number of aliphatic hydroxyl groups excluding tert-OH is 1. The molecule has 0 aromatic carbocycles. The van der Waals surface area contributed by atoms with Crippen molar-refractivity contribution < 1.29 is 23.1 Å². The van der Waals surface area contributed by atoms with Crippen molar-refractivity contribution >= 4 is 27.3 Å². The second kappa shape index (κ2) is 6.99. The van der Waals surface area contributed by atoms with E-state index in [-0.39, 0.29) is 10.8 Å². The summed E-state index contributed by atoms with van der Waals surface area (Å²) in [5.41, 5.74) is 0. The number of carbonyl (C=O) groups excluding carboxylic acids is 1. The van der Waals surface area contributed by atoms with Gasteiger partial charge in [0, 0.05) is 0 Å². The Balaban J connectivity index is 2.82. The van der Waals surface area contributed by atoms with Crippen molar-refractivity contribution in [2.75, 3.05) is 6.61 Å². The summed E-state index contributed by atoms with van der Waals surface area (Å²) in [7, 11) is -3.82. The summed E-state index contributed by atoms with van der Waals surface area (Å²) in [6.07, 6.45) is -0.560. The van der Waals surface area contributed by atoms with Gasteiger partial charge in [-0.3, -0.25) is 4.79 Å². The van der Waals surface area contributed by atoms with E-state index in [9.17, 15) is 18.3 Å². The molecule has 0 fully saturated rings. The molecule has 0 aliphatic carbocycles. The zero-order valence-electron chi connectivity index (χ0n) is 10.7. The van der Waals surface area contributed by atoms with Gasteiger partial charge in [-0.25, -0.2) is 8.42 Å². The average molecular weight is 307 g/mol. The molecule has 1 aromatic heterocycles. The lowest BCUT2D eigenvalue weighted by Gasteiger charge is -2.19. The van der Waals surface area contributed by atoms with Crippen LogP contribution in [0.1, 0.15) is 20.3 Å². The van der Waals surface area contributed by atoms with Gasteiger partial charge in [0.05, 0.1) is 12.7 Å². The summed E-state index contributed by atoms with van der Waals surface area (Å²) >= 11 is 1.03. The number of thiophene rings is 1. The molecule has 0 aliphatic rings. The van der Waals surface area contributed by atoms with Gasteiger partial charge in [0.15, 0.2) is 0 Å². The van der Waals surface area contributed by atoms with Gasteiger partial charge in [-0.1, -0.05) is 13.0 Å². The van der Waals surface area contributed by atoms with Crippen LogP contribution < -0.4 is 4.72 Å². The van der Waals surface area contributed by atoms with E-state index >= 15 is 0 Å². The molecule has 2 atom stereocenters. The first-order valence-electron chi connectivity index (χ1n) is 5.79. The van der Waals surface area contributed by atoms with E-state index in [0.29, 0.717) is 6.42 Å². The van der Waals surface area contributed by atoms with E-state index in [1.165, 1.54) is 13.0 Å². The number of esters is 1. The van der Waals surface area contributed by atoms with Crippen LogP contribution in [0.4, 0.5) is 0 Å². The number of ether oxygens (including phenoxy) is 1. The lowest BCUT2D eigenvalue weighted by Crippen LogP contribution is -2.48. The summed E-state index contributed by atoms with van der Waals surface area (Å²) < 4.78 is 31.0. The SMILES string of the molecule is CCCOC(=O)[C@H](NS(=O)(=O)c1cccs1)[C@@H](C)O. The molecule has 1 aromatic rings. The highest BCUT2D eigenvalue weighted by Crippen LogP contribution is 2.16. The maximum absolute atomic E-state index is 12.0. The Morgan fingerprint density at radius 1 is 1.58 bits per heavy atom. The van der Waals surface area contributed by atoms with Gasteiger partial charge in [0.25, 0.3) is 10.0 Å². The van der Waals surface area contributed by atoms with E-state index in [1.807, 2.05) is 6.92 Å². The highest BCUT2D eigenvalue weighted by atomic mass is 32.2. The molecular formula is C11H17NO5S2. The zero-order valence-corrected chi connectivity index (χ0v) is 12.3. The van der Waals surface area contributed by atoms with Crippen LogP contribution in [0.25, 0.3) is 0 Å². The highest BCUT2D eigenvalue weighted by Gasteiger charge is 2.31. The third-order valence-corrected chi connectivity index (χ3v) is 5.07. The van der Waals surface area contributed by atoms with Crippen molar-refractivity contribution in [2.24, 2.45) is 0 Å². The van der Waals surface area contributed by atoms with Crippen molar-refractivity contribution in [1.29, 1.82) is 0 Å². The Hall–Kier alpha value is -0.960. The van der Waals surface area contributed by atoms with Crippen LogP contribution in [-0.4, -0.2) is 38.2 Å². The minimum atomic E-state index is -3.82. The Morgan fingerprint density at radius 3 is 2.74 bits per heavy atom. The topological polar surface area (TPSA) is 92.7 Å². The van der Waals surface area contributed by atoms with E-state index in [0.717, 1.165) is 11.3 Å². The lowest BCUT2D eigenvalue weighted by atomic mass is 10.2. The summed E-state index contributed by atoms with van der Waals surface area (Å²) in [4.78, 5) is 11.7. The normalized spacial score (nSPS) is 14.9. The van der Waals surface area contributed by atoms with E-state index < -0.39 is 28.1 Å². The van der Waals surface area contributed by atoms with E-state index in [1.54, 1.807) is 11.4 Å². The standard InChI is InChI=1S/C11H17NO5S2/c1-3-6-17-11(14)10(8(2)13)12-19(15,16)9-5-4-7-18-9/h4-5,7-8,10,12-13H,3,6H2,1-2H3/t8-,10-/m1/s1. The number of sulfonamides is 1. The Labute approximate surface area is 116 Å². The van der Waals surface area contributed by atoms with Crippen molar-refractivity contribution in [3.05, 3.63) is 17.5 Å². The number of rotatable bonds is 7. The predicted octanol–water partition coefficient (Wildman–Crippen LogP) is 0.729. The molecule has 0 aliphatic heterocycles. The molecule has 108 valence electrons. The fraction of sp³-hybridized carbons (Fsp3) is 0.545. The third-order valence-electron chi connectivity index (χ3n) is 2.23. The maximum atomic E-state index is 12.0. The minimum Gasteiger partial charge on any atom is -0.464 e. The molecule has 6 nitrogen and oxygen atoms in total. The number of hydrogen-bond donors (Lipinski definition) is 2. The van der Waals surface area contributed by atoms with Gasteiger partial charge in [-0.15, -0.1) is 11.3 Å². The fourth-order valence-corrected chi connectivity index (χ4v) is 3.55. The molecule has 0 amide bonds. The Morgan fingerprint density at radius 2 is 2.26 bits per heavy atom. The maximum Gasteiger partial charge on any atom is 0.326 e. The second-order valence-electron chi connectivity index (χ2n) is 3.94. The largest absolute Gasteiger partial charge is 0.464 e. The van der Waals surface area contributed by atoms with Gasteiger partial charge in [-0.2, -0.15) is 4.72 Å². The fourth-order valence-electron chi connectivity index (χ4n) is 1.28. The summed E-state index contributed by atoms with van der Waals surface area (Å²) in [6.45, 7) is 3.33. The van der Waals surface area contributed by atoms with Crippen LogP contribution in [0.3, 0.4) is 0 Å². The smallest absolute Gasteiger partial charge is 0.326 e. The number of aliphatic hydroxyl groups is 1. The highest BCUT2D eigenvalue weighted by molar-refractivity contribution is 7.91. The molecule has 0 saturated heterocycles. The van der Waals surface area contributed by atoms with Crippen LogP contribution in [0.2, 0.25) is 0 Å². The molecule has 0 radical (unpaired) electrons. The average Bonchev–Trinajstić information content (AvgIpc) is 2.87. The second-order valence-corrected chi connectivity index (χ2v) is 6.83. The van der Waals surface area contributed by atoms with Crippen molar-refractivity contribution in [1.82, 2.24) is 4.72 Å². The molecule has 8 heteroatoms. The molecule has 0 unspecified atom stereocenters. The van der Waals surface area contributed by atoms with Crippen molar-refractivity contribution in [3.63, 3.8) is 0 Å². The molecule has 19 heavy (non-hydrogen) atoms. The van der Waals surface area contributed by atoms with Crippen LogP contribution >= 0.6 is 11.3 Å². The van der Waals surface area contributed by atoms with Crippen LogP contribution in [-0.2, 0) is 19.6 Å². The lowest BCUT2D eigenvalue weighted by molar-refractivity contribution is -0.148. The van der Waals surface area contributed by atoms with Gasteiger partial charge >= 0.3 is 5.97 Å². The van der Waals surface area contributed by atoms with Gasteiger partial charge in [0.1, 0.15) is 10.3 Å². The molecule has 0 bridgehead atoms. The van der Waals surface area contributed by atoms with Crippen LogP contribution in [0.15, 0.2) is 21.7 Å².